The molecule has 0 aliphatic carbocycles. The van der Waals surface area contributed by atoms with E-state index in [1.807, 2.05) is 0 Å². The molecule has 138 valence electrons. The Kier molecular flexibility index (Phi) is 5.33. The third-order valence-electron chi connectivity index (χ3n) is 4.22. The summed E-state index contributed by atoms with van der Waals surface area (Å²) in [5.41, 5.74) is 5.07. The van der Waals surface area contributed by atoms with E-state index in [-0.39, 0.29) is 17.2 Å². The molecule has 1 aromatic heterocycles. The molecule has 0 saturated carbocycles. The summed E-state index contributed by atoms with van der Waals surface area (Å²) in [6.45, 7) is 6.83. The van der Waals surface area contributed by atoms with Gasteiger partial charge in [-0.15, -0.1) is 0 Å². The molecule has 1 aliphatic rings. The summed E-state index contributed by atoms with van der Waals surface area (Å²) in [5, 5.41) is 5.30. The highest BCUT2D eigenvalue weighted by molar-refractivity contribution is 7.94. The van der Waals surface area contributed by atoms with Gasteiger partial charge in [-0.2, -0.15) is 0 Å². The van der Waals surface area contributed by atoms with Crippen molar-refractivity contribution in [2.45, 2.75) is 36.7 Å². The van der Waals surface area contributed by atoms with E-state index in [1.54, 1.807) is 0 Å². The van der Waals surface area contributed by atoms with E-state index in [1.165, 1.54) is 19.9 Å². The standard InChI is InChI=1S/C15H21N3O6S/c1-9(13(16)19)11-8-12(24-18-11)17-14(20)15(2,3)25(21,22)10-4-6-23-7-5-10/h8,10H,1,4-7H2,2-3H3,(H2,16,19)(H,17,20). The summed E-state index contributed by atoms with van der Waals surface area (Å²) >= 11 is 0. The van der Waals surface area contributed by atoms with E-state index in [0.717, 1.165) is 0 Å². The van der Waals surface area contributed by atoms with E-state index in [4.69, 9.17) is 15.0 Å². The van der Waals surface area contributed by atoms with Crippen LogP contribution in [-0.2, 0) is 24.2 Å². The van der Waals surface area contributed by atoms with Crippen molar-refractivity contribution in [2.24, 2.45) is 5.73 Å². The number of aromatic nitrogens is 1. The van der Waals surface area contributed by atoms with Gasteiger partial charge in [0.1, 0.15) is 10.4 Å². The third kappa shape index (κ3) is 3.74. The Morgan fingerprint density at radius 1 is 1.36 bits per heavy atom. The first-order chi connectivity index (χ1) is 11.6. The second kappa shape index (κ2) is 6.96. The summed E-state index contributed by atoms with van der Waals surface area (Å²) in [4.78, 5) is 23.6. The number of carbonyl (C=O) groups excluding carboxylic acids is 2. The van der Waals surface area contributed by atoms with Gasteiger partial charge in [-0.25, -0.2) is 8.42 Å². The van der Waals surface area contributed by atoms with Crippen molar-refractivity contribution in [3.63, 3.8) is 0 Å². The molecule has 3 N–H and O–H groups in total. The molecule has 1 aromatic rings. The van der Waals surface area contributed by atoms with E-state index < -0.39 is 31.6 Å². The number of amides is 2. The minimum Gasteiger partial charge on any atom is -0.381 e. The maximum absolute atomic E-state index is 12.8. The van der Waals surface area contributed by atoms with Crippen molar-refractivity contribution < 1.29 is 27.3 Å². The number of rotatable bonds is 6. The van der Waals surface area contributed by atoms with Crippen molar-refractivity contribution in [1.82, 2.24) is 5.16 Å². The first-order valence-electron chi connectivity index (χ1n) is 7.66. The van der Waals surface area contributed by atoms with Gasteiger partial charge in [0.2, 0.25) is 17.7 Å². The maximum atomic E-state index is 12.8. The SMILES string of the molecule is C=C(C(N)=O)c1cc(NC(=O)C(C)(C)S(=O)(=O)C2CCOCC2)on1. The van der Waals surface area contributed by atoms with Crippen LogP contribution in [0.3, 0.4) is 0 Å². The maximum Gasteiger partial charge on any atom is 0.250 e. The number of ether oxygens (including phenoxy) is 1. The fourth-order valence-corrected chi connectivity index (χ4v) is 4.35. The topological polar surface area (TPSA) is 142 Å². The normalized spacial score (nSPS) is 16.4. The van der Waals surface area contributed by atoms with Gasteiger partial charge in [-0.3, -0.25) is 14.9 Å². The second-order valence-corrected chi connectivity index (χ2v) is 9.02. The molecule has 2 rings (SSSR count). The molecule has 0 spiro atoms. The van der Waals surface area contributed by atoms with Gasteiger partial charge in [-0.05, 0) is 26.7 Å². The Morgan fingerprint density at radius 3 is 2.52 bits per heavy atom. The van der Waals surface area contributed by atoms with Gasteiger partial charge >= 0.3 is 0 Å². The van der Waals surface area contributed by atoms with Crippen LogP contribution in [0, 0.1) is 0 Å². The van der Waals surface area contributed by atoms with Crippen molar-refractivity contribution in [1.29, 1.82) is 0 Å². The number of hydrogen-bond donors (Lipinski definition) is 2. The highest BCUT2D eigenvalue weighted by Gasteiger charge is 2.46. The van der Waals surface area contributed by atoms with Gasteiger partial charge in [0.15, 0.2) is 9.84 Å². The molecule has 1 saturated heterocycles. The monoisotopic (exact) mass is 371 g/mol. The zero-order valence-corrected chi connectivity index (χ0v) is 14.9. The average molecular weight is 371 g/mol. The summed E-state index contributed by atoms with van der Waals surface area (Å²) in [6.07, 6.45) is 0.702. The van der Waals surface area contributed by atoms with Crippen LogP contribution in [0.15, 0.2) is 17.2 Å². The molecular formula is C15H21N3O6S. The Labute approximate surface area is 145 Å². The fourth-order valence-electron chi connectivity index (χ4n) is 2.40. The van der Waals surface area contributed by atoms with Crippen LogP contribution in [0.25, 0.3) is 5.57 Å². The number of nitrogens with one attached hydrogen (secondary N) is 1. The molecule has 0 unspecified atom stereocenters. The van der Waals surface area contributed by atoms with Crippen LogP contribution in [0.4, 0.5) is 5.88 Å². The molecule has 0 aromatic carbocycles. The minimum absolute atomic E-state index is 0.0629. The van der Waals surface area contributed by atoms with Gasteiger partial charge in [0, 0.05) is 19.3 Å². The predicted octanol–water partition coefficient (Wildman–Crippen LogP) is 0.484. The number of nitrogens with zero attached hydrogens (tertiary/aromatic N) is 1. The van der Waals surface area contributed by atoms with Crippen molar-refractivity contribution in [3.05, 3.63) is 18.3 Å². The number of primary amides is 1. The van der Waals surface area contributed by atoms with Crippen LogP contribution in [-0.4, -0.2) is 48.6 Å². The number of anilines is 1. The van der Waals surface area contributed by atoms with Crippen LogP contribution >= 0.6 is 0 Å². The summed E-state index contributed by atoms with van der Waals surface area (Å²) in [6, 6.07) is 1.25. The van der Waals surface area contributed by atoms with Gasteiger partial charge in [0.05, 0.1) is 10.8 Å². The zero-order valence-electron chi connectivity index (χ0n) is 14.1. The first kappa shape index (κ1) is 19.1. The lowest BCUT2D eigenvalue weighted by atomic mass is 10.2. The van der Waals surface area contributed by atoms with Crippen molar-refractivity contribution in [2.75, 3.05) is 18.5 Å². The fraction of sp³-hybridized carbons (Fsp3) is 0.533. The lowest BCUT2D eigenvalue weighted by molar-refractivity contribution is -0.118. The molecule has 2 heterocycles. The Balaban J connectivity index is 2.16. The van der Waals surface area contributed by atoms with Gasteiger partial charge in [-0.1, -0.05) is 11.7 Å². The van der Waals surface area contributed by atoms with Gasteiger partial charge < -0.3 is 15.0 Å². The number of carbonyl (C=O) groups is 2. The lowest BCUT2D eigenvalue weighted by Gasteiger charge is -2.30. The summed E-state index contributed by atoms with van der Waals surface area (Å²) < 4.78 is 34.0. The van der Waals surface area contributed by atoms with Crippen LogP contribution in [0.2, 0.25) is 0 Å². The average Bonchev–Trinajstić information content (AvgIpc) is 3.02. The van der Waals surface area contributed by atoms with E-state index in [9.17, 15) is 18.0 Å². The molecule has 0 radical (unpaired) electrons. The second-order valence-electron chi connectivity index (χ2n) is 6.24. The van der Waals surface area contributed by atoms with Crippen molar-refractivity contribution in [3.8, 4) is 0 Å². The highest BCUT2D eigenvalue weighted by atomic mass is 32.2. The first-order valence-corrected chi connectivity index (χ1v) is 9.20. The van der Waals surface area contributed by atoms with Crippen LogP contribution in [0.1, 0.15) is 32.4 Å². The molecule has 10 heteroatoms. The molecule has 9 nitrogen and oxygen atoms in total. The number of hydrogen-bond acceptors (Lipinski definition) is 7. The van der Waals surface area contributed by atoms with E-state index in [2.05, 4.69) is 17.1 Å². The van der Waals surface area contributed by atoms with Crippen LogP contribution in [0.5, 0.6) is 0 Å². The zero-order chi connectivity index (χ0) is 18.8. The molecule has 1 aliphatic heterocycles. The Morgan fingerprint density at radius 2 is 1.96 bits per heavy atom. The third-order valence-corrected chi connectivity index (χ3v) is 7.18. The van der Waals surface area contributed by atoms with E-state index >= 15 is 0 Å². The largest absolute Gasteiger partial charge is 0.381 e. The molecule has 25 heavy (non-hydrogen) atoms. The smallest absolute Gasteiger partial charge is 0.250 e. The van der Waals surface area contributed by atoms with Crippen LogP contribution < -0.4 is 11.1 Å². The van der Waals surface area contributed by atoms with E-state index in [0.29, 0.717) is 26.1 Å². The molecule has 0 bridgehead atoms. The molecule has 1 fully saturated rings. The number of sulfone groups is 1. The lowest BCUT2D eigenvalue weighted by Crippen LogP contribution is -2.50. The number of nitrogens with two attached hydrogens (primary N) is 1. The molecule has 2 amide bonds. The Hall–Kier alpha value is -2.20. The minimum atomic E-state index is -3.75. The highest BCUT2D eigenvalue weighted by Crippen LogP contribution is 2.29. The summed E-state index contributed by atoms with van der Waals surface area (Å²) in [5.74, 6) is -1.64. The van der Waals surface area contributed by atoms with Gasteiger partial charge in [0.25, 0.3) is 0 Å². The molecular weight excluding hydrogens is 350 g/mol. The Bertz CT molecular complexity index is 790. The molecule has 0 atom stereocenters. The van der Waals surface area contributed by atoms with Crippen molar-refractivity contribution >= 4 is 33.1 Å². The quantitative estimate of drug-likeness (QED) is 0.693. The summed E-state index contributed by atoms with van der Waals surface area (Å²) in [7, 11) is -3.75. The predicted molar refractivity (Wildman–Crippen MR) is 90.2 cm³/mol.